The fraction of sp³-hybridized carbons (Fsp3) is 0.538. The van der Waals surface area contributed by atoms with E-state index in [4.69, 9.17) is 4.84 Å². The topological polar surface area (TPSA) is 21.3 Å². The fourth-order valence-electron chi connectivity index (χ4n) is 1.52. The van der Waals surface area contributed by atoms with E-state index in [9.17, 15) is 0 Å². The molecule has 15 heavy (non-hydrogen) atoms. The molecule has 0 aliphatic heterocycles. The summed E-state index contributed by atoms with van der Waals surface area (Å²) in [6, 6.07) is 8.84. The Morgan fingerprint density at radius 3 is 2.47 bits per heavy atom. The van der Waals surface area contributed by atoms with Crippen LogP contribution in [-0.2, 0) is 10.3 Å². The van der Waals surface area contributed by atoms with E-state index in [2.05, 4.69) is 57.4 Å². The summed E-state index contributed by atoms with van der Waals surface area (Å²) in [7, 11) is 1.64. The maximum absolute atomic E-state index is 4.93. The van der Waals surface area contributed by atoms with Gasteiger partial charge in [0.05, 0.1) is 13.2 Å². The Morgan fingerprint density at radius 2 is 1.93 bits per heavy atom. The quantitative estimate of drug-likeness (QED) is 0.768. The highest BCUT2D eigenvalue weighted by Crippen LogP contribution is 2.24. The molecule has 0 saturated carbocycles. The standard InChI is InChI=1S/C13H21NO/c1-10(14-15-5)11-7-6-8-12(9-11)13(2,3)4/h6-10,14H,1-5H3. The lowest BCUT2D eigenvalue weighted by atomic mass is 9.85. The van der Waals surface area contributed by atoms with Gasteiger partial charge in [-0.3, -0.25) is 0 Å². The SMILES string of the molecule is CONC(C)c1cccc(C(C)(C)C)c1. The molecule has 1 aromatic carbocycles. The first-order valence-corrected chi connectivity index (χ1v) is 5.34. The van der Waals surface area contributed by atoms with Crippen LogP contribution in [0, 0.1) is 0 Å². The van der Waals surface area contributed by atoms with Crippen LogP contribution < -0.4 is 5.48 Å². The third-order valence-corrected chi connectivity index (χ3v) is 2.55. The van der Waals surface area contributed by atoms with E-state index < -0.39 is 0 Å². The van der Waals surface area contributed by atoms with Crippen LogP contribution in [0.2, 0.25) is 0 Å². The molecule has 1 aromatic rings. The van der Waals surface area contributed by atoms with E-state index in [0.717, 1.165) is 0 Å². The van der Waals surface area contributed by atoms with E-state index in [0.29, 0.717) is 0 Å². The van der Waals surface area contributed by atoms with Gasteiger partial charge in [-0.1, -0.05) is 45.0 Å². The van der Waals surface area contributed by atoms with Crippen LogP contribution in [0.1, 0.15) is 44.9 Å². The maximum atomic E-state index is 4.93. The number of nitrogens with one attached hydrogen (secondary N) is 1. The molecule has 0 radical (unpaired) electrons. The van der Waals surface area contributed by atoms with Crippen molar-refractivity contribution in [3.63, 3.8) is 0 Å². The zero-order valence-corrected chi connectivity index (χ0v) is 10.3. The van der Waals surface area contributed by atoms with E-state index >= 15 is 0 Å². The minimum Gasteiger partial charge on any atom is -0.305 e. The van der Waals surface area contributed by atoms with Crippen molar-refractivity contribution >= 4 is 0 Å². The van der Waals surface area contributed by atoms with Gasteiger partial charge in [-0.2, -0.15) is 5.48 Å². The monoisotopic (exact) mass is 207 g/mol. The predicted molar refractivity (Wildman–Crippen MR) is 63.7 cm³/mol. The summed E-state index contributed by atoms with van der Waals surface area (Å²) >= 11 is 0. The number of hydrogen-bond acceptors (Lipinski definition) is 2. The fourth-order valence-corrected chi connectivity index (χ4v) is 1.52. The largest absolute Gasteiger partial charge is 0.305 e. The van der Waals surface area contributed by atoms with Gasteiger partial charge in [0.1, 0.15) is 0 Å². The van der Waals surface area contributed by atoms with Crippen molar-refractivity contribution < 1.29 is 4.84 Å². The van der Waals surface area contributed by atoms with Crippen LogP contribution in [-0.4, -0.2) is 7.11 Å². The van der Waals surface area contributed by atoms with Crippen LogP contribution in [0.15, 0.2) is 24.3 Å². The average molecular weight is 207 g/mol. The molecule has 2 heteroatoms. The summed E-state index contributed by atoms with van der Waals surface area (Å²) in [6.45, 7) is 8.76. The molecule has 2 nitrogen and oxygen atoms in total. The van der Waals surface area contributed by atoms with Gasteiger partial charge < -0.3 is 4.84 Å². The normalized spacial score (nSPS) is 13.9. The van der Waals surface area contributed by atoms with Crippen molar-refractivity contribution in [2.45, 2.75) is 39.2 Å². The zero-order chi connectivity index (χ0) is 11.5. The number of benzene rings is 1. The number of hydrogen-bond donors (Lipinski definition) is 1. The third kappa shape index (κ3) is 3.33. The highest BCUT2D eigenvalue weighted by Gasteiger charge is 2.14. The molecular formula is C13H21NO. The van der Waals surface area contributed by atoms with E-state index in [1.54, 1.807) is 7.11 Å². The van der Waals surface area contributed by atoms with Gasteiger partial charge in [-0.15, -0.1) is 0 Å². The molecule has 0 heterocycles. The first-order chi connectivity index (χ1) is 6.95. The van der Waals surface area contributed by atoms with Gasteiger partial charge in [0.2, 0.25) is 0 Å². The Hall–Kier alpha value is -0.860. The van der Waals surface area contributed by atoms with Gasteiger partial charge >= 0.3 is 0 Å². The van der Waals surface area contributed by atoms with E-state index in [1.165, 1.54) is 11.1 Å². The van der Waals surface area contributed by atoms with Crippen LogP contribution in [0.5, 0.6) is 0 Å². The van der Waals surface area contributed by atoms with Gasteiger partial charge in [-0.05, 0) is 23.5 Å². The molecule has 1 atom stereocenters. The van der Waals surface area contributed by atoms with Crippen molar-refractivity contribution in [3.8, 4) is 0 Å². The number of hydroxylamine groups is 1. The second-order valence-corrected chi connectivity index (χ2v) is 4.92. The summed E-state index contributed by atoms with van der Waals surface area (Å²) in [4.78, 5) is 4.93. The molecule has 0 aromatic heterocycles. The van der Waals surface area contributed by atoms with Crippen LogP contribution in [0.25, 0.3) is 0 Å². The lowest BCUT2D eigenvalue weighted by Gasteiger charge is -2.21. The molecule has 0 aliphatic carbocycles. The first-order valence-electron chi connectivity index (χ1n) is 5.34. The molecule has 0 amide bonds. The Bertz CT molecular complexity index is 315. The lowest BCUT2D eigenvalue weighted by molar-refractivity contribution is 0.0658. The molecule has 0 bridgehead atoms. The molecule has 0 fully saturated rings. The van der Waals surface area contributed by atoms with Crippen molar-refractivity contribution in [2.24, 2.45) is 0 Å². The van der Waals surface area contributed by atoms with Gasteiger partial charge in [0.25, 0.3) is 0 Å². The Labute approximate surface area is 92.6 Å². The first kappa shape index (κ1) is 12.2. The second kappa shape index (κ2) is 4.77. The van der Waals surface area contributed by atoms with Crippen molar-refractivity contribution in [1.29, 1.82) is 0 Å². The average Bonchev–Trinajstić information content (AvgIpc) is 2.17. The summed E-state index contributed by atoms with van der Waals surface area (Å²) < 4.78 is 0. The van der Waals surface area contributed by atoms with Gasteiger partial charge in [0, 0.05) is 0 Å². The second-order valence-electron chi connectivity index (χ2n) is 4.92. The molecule has 1 rings (SSSR count). The minimum absolute atomic E-state index is 0.197. The smallest absolute Gasteiger partial charge is 0.0572 e. The third-order valence-electron chi connectivity index (χ3n) is 2.55. The predicted octanol–water partition coefficient (Wildman–Crippen LogP) is 3.20. The molecule has 1 unspecified atom stereocenters. The molecule has 0 spiro atoms. The molecule has 84 valence electrons. The highest BCUT2D eigenvalue weighted by molar-refractivity contribution is 5.30. The molecule has 0 aliphatic rings. The maximum Gasteiger partial charge on any atom is 0.0572 e. The summed E-state index contributed by atoms with van der Waals surface area (Å²) in [5, 5.41) is 0. The van der Waals surface area contributed by atoms with E-state index in [-0.39, 0.29) is 11.5 Å². The Balaban J connectivity index is 2.92. The zero-order valence-electron chi connectivity index (χ0n) is 10.3. The van der Waals surface area contributed by atoms with Crippen LogP contribution in [0.3, 0.4) is 0 Å². The van der Waals surface area contributed by atoms with Crippen molar-refractivity contribution in [3.05, 3.63) is 35.4 Å². The number of rotatable bonds is 3. The Kier molecular flexibility index (Phi) is 3.89. The summed E-state index contributed by atoms with van der Waals surface area (Å²) in [6.07, 6.45) is 0. The minimum atomic E-state index is 0.197. The summed E-state index contributed by atoms with van der Waals surface area (Å²) in [5.74, 6) is 0. The summed E-state index contributed by atoms with van der Waals surface area (Å²) in [5.41, 5.74) is 5.74. The van der Waals surface area contributed by atoms with Crippen molar-refractivity contribution in [2.75, 3.05) is 7.11 Å². The lowest BCUT2D eigenvalue weighted by Crippen LogP contribution is -2.18. The molecular weight excluding hydrogens is 186 g/mol. The van der Waals surface area contributed by atoms with Gasteiger partial charge in [0.15, 0.2) is 0 Å². The van der Waals surface area contributed by atoms with E-state index in [1.807, 2.05) is 0 Å². The van der Waals surface area contributed by atoms with Crippen molar-refractivity contribution in [1.82, 2.24) is 5.48 Å². The molecule has 0 saturated heterocycles. The Morgan fingerprint density at radius 1 is 1.27 bits per heavy atom. The highest BCUT2D eigenvalue weighted by atomic mass is 16.6. The van der Waals surface area contributed by atoms with Crippen LogP contribution >= 0.6 is 0 Å². The van der Waals surface area contributed by atoms with Gasteiger partial charge in [-0.25, -0.2) is 0 Å². The van der Waals surface area contributed by atoms with Crippen LogP contribution in [0.4, 0.5) is 0 Å². The molecule has 1 N–H and O–H groups in total.